The topological polar surface area (TPSA) is 120 Å². The molecular weight excluding hydrogens is 480 g/mol. The lowest BCUT2D eigenvalue weighted by Gasteiger charge is -2.25. The number of aliphatic carboxylic acids is 1. The summed E-state index contributed by atoms with van der Waals surface area (Å²) in [6.45, 7) is 0.742. The summed E-state index contributed by atoms with van der Waals surface area (Å²) in [5, 5.41) is 16.8. The molecule has 0 unspecified atom stereocenters. The van der Waals surface area contributed by atoms with E-state index in [-0.39, 0.29) is 24.3 Å². The molecule has 0 aromatic heterocycles. The Kier molecular flexibility index (Phi) is 8.76. The Hall–Kier alpha value is -4.17. The van der Waals surface area contributed by atoms with Crippen LogP contribution in [-0.4, -0.2) is 71.4 Å². The largest absolute Gasteiger partial charge is 0.491 e. The minimum Gasteiger partial charge on any atom is -0.491 e. The van der Waals surface area contributed by atoms with Crippen molar-refractivity contribution in [3.63, 3.8) is 0 Å². The molecule has 0 radical (unpaired) electrons. The number of nitrogens with one attached hydrogen (secondary N) is 1. The molecule has 1 aliphatic rings. The van der Waals surface area contributed by atoms with Crippen molar-refractivity contribution in [2.24, 2.45) is 5.73 Å². The first-order chi connectivity index (χ1) is 18.3. The van der Waals surface area contributed by atoms with Gasteiger partial charge in [0.2, 0.25) is 5.91 Å². The van der Waals surface area contributed by atoms with Crippen molar-refractivity contribution in [1.82, 2.24) is 9.80 Å². The molecule has 0 spiro atoms. The molecule has 1 heterocycles. The van der Waals surface area contributed by atoms with E-state index in [0.717, 1.165) is 24.0 Å². The van der Waals surface area contributed by atoms with Gasteiger partial charge in [-0.1, -0.05) is 66.7 Å². The Bertz CT molecular complexity index is 1250. The number of carbonyl (C=O) groups excluding carboxylic acids is 1. The number of amides is 1. The zero-order valence-electron chi connectivity index (χ0n) is 21.5. The number of rotatable bonds is 12. The second kappa shape index (κ2) is 12.4. The van der Waals surface area contributed by atoms with E-state index in [2.05, 4.69) is 12.1 Å². The quantitative estimate of drug-likeness (QED) is 0.251. The zero-order chi connectivity index (χ0) is 27.1. The third-order valence-electron chi connectivity index (χ3n) is 6.95. The summed E-state index contributed by atoms with van der Waals surface area (Å²) in [6, 6.07) is 24.8. The minimum atomic E-state index is -0.952. The molecule has 3 aromatic carbocycles. The maximum atomic E-state index is 13.3. The van der Waals surface area contributed by atoms with E-state index < -0.39 is 12.0 Å². The highest BCUT2D eigenvalue weighted by molar-refractivity contribution is 5.95. The molecule has 1 saturated heterocycles. The van der Waals surface area contributed by atoms with Crippen molar-refractivity contribution in [1.29, 1.82) is 5.41 Å². The summed E-state index contributed by atoms with van der Waals surface area (Å²) in [7, 11) is 1.68. The third-order valence-corrected chi connectivity index (χ3v) is 6.95. The number of nitrogens with two attached hydrogens (primary N) is 1. The molecular formula is C30H34N4O4. The first-order valence-corrected chi connectivity index (χ1v) is 12.8. The lowest BCUT2D eigenvalue weighted by molar-refractivity contribution is -0.140. The molecule has 8 heteroatoms. The van der Waals surface area contributed by atoms with Crippen molar-refractivity contribution < 1.29 is 19.4 Å². The number of aryl methyl sites for hydroxylation is 1. The van der Waals surface area contributed by atoms with Gasteiger partial charge in [0.1, 0.15) is 18.2 Å². The average Bonchev–Trinajstić information content (AvgIpc) is 3.23. The van der Waals surface area contributed by atoms with Gasteiger partial charge in [-0.25, -0.2) is 0 Å². The van der Waals surface area contributed by atoms with Crippen LogP contribution in [0.15, 0.2) is 78.9 Å². The number of ether oxygens (including phenoxy) is 1. The number of hydrogen-bond acceptors (Lipinski definition) is 5. The fourth-order valence-corrected chi connectivity index (χ4v) is 4.88. The lowest BCUT2D eigenvalue weighted by atomic mass is 10.0. The predicted molar refractivity (Wildman–Crippen MR) is 147 cm³/mol. The molecule has 1 fully saturated rings. The van der Waals surface area contributed by atoms with Crippen LogP contribution in [-0.2, 0) is 16.0 Å². The summed E-state index contributed by atoms with van der Waals surface area (Å²) < 4.78 is 6.11. The third kappa shape index (κ3) is 6.77. The van der Waals surface area contributed by atoms with E-state index >= 15 is 0 Å². The van der Waals surface area contributed by atoms with Gasteiger partial charge < -0.3 is 20.5 Å². The van der Waals surface area contributed by atoms with Crippen molar-refractivity contribution in [3.05, 3.63) is 90.0 Å². The van der Waals surface area contributed by atoms with E-state index in [1.165, 1.54) is 5.56 Å². The van der Waals surface area contributed by atoms with Crippen molar-refractivity contribution in [2.75, 3.05) is 26.7 Å². The molecule has 4 rings (SSSR count). The van der Waals surface area contributed by atoms with Gasteiger partial charge >= 0.3 is 5.97 Å². The lowest BCUT2D eigenvalue weighted by Crippen LogP contribution is -2.43. The fraction of sp³-hybridized carbons (Fsp3) is 0.300. The van der Waals surface area contributed by atoms with Gasteiger partial charge in [0, 0.05) is 12.1 Å². The Morgan fingerprint density at radius 1 is 1.05 bits per heavy atom. The normalized spacial score (nSPS) is 17.1. The molecule has 38 heavy (non-hydrogen) atoms. The summed E-state index contributed by atoms with van der Waals surface area (Å²) in [5.74, 6) is -0.254. The van der Waals surface area contributed by atoms with E-state index in [1.54, 1.807) is 11.9 Å². The van der Waals surface area contributed by atoms with Crippen LogP contribution in [0.2, 0.25) is 0 Å². The van der Waals surface area contributed by atoms with Crippen LogP contribution in [0.4, 0.5) is 0 Å². The number of carboxylic acids is 1. The maximum absolute atomic E-state index is 13.3. The van der Waals surface area contributed by atoms with Crippen LogP contribution in [0.1, 0.15) is 24.0 Å². The number of amidine groups is 1. The van der Waals surface area contributed by atoms with Gasteiger partial charge in [0.15, 0.2) is 0 Å². The second-order valence-corrected chi connectivity index (χ2v) is 9.66. The van der Waals surface area contributed by atoms with Gasteiger partial charge in [-0.2, -0.15) is 0 Å². The molecule has 0 aliphatic carbocycles. The maximum Gasteiger partial charge on any atom is 0.317 e. The molecule has 3 aromatic rings. The van der Waals surface area contributed by atoms with E-state index in [0.29, 0.717) is 30.9 Å². The SMILES string of the molecule is CN(CC(=O)O)[C@@H]1C[C@@H](COc2ccc(-c3ccc(C(=N)N)cc3)cc2)N(CCCc2ccccc2)C1=O. The molecule has 1 amide bonds. The van der Waals surface area contributed by atoms with Crippen LogP contribution in [0.25, 0.3) is 11.1 Å². The molecule has 4 N–H and O–H groups in total. The first-order valence-electron chi connectivity index (χ1n) is 12.8. The first kappa shape index (κ1) is 26.9. The number of carbonyl (C=O) groups is 2. The average molecular weight is 515 g/mol. The number of benzene rings is 3. The van der Waals surface area contributed by atoms with Crippen LogP contribution >= 0.6 is 0 Å². The van der Waals surface area contributed by atoms with Gasteiger partial charge in [0.05, 0.1) is 18.6 Å². The van der Waals surface area contributed by atoms with Gasteiger partial charge in [-0.05, 0) is 55.1 Å². The standard InChI is InChI=1S/C30H34N4O4/c1-33(19-28(35)36)27-18-25(34(30(27)37)17-5-8-21-6-3-2-4-7-21)20-38-26-15-13-23(14-16-26)22-9-11-24(12-10-22)29(31)32/h2-4,6-7,9-16,25,27H,5,8,17-20H2,1H3,(H3,31,32)(H,35,36)/t25-,27+/m0/s1. The molecule has 1 aliphatic heterocycles. The van der Waals surface area contributed by atoms with Crippen LogP contribution < -0.4 is 10.5 Å². The van der Waals surface area contributed by atoms with Crippen molar-refractivity contribution >= 4 is 17.7 Å². The summed E-state index contributed by atoms with van der Waals surface area (Å²) >= 11 is 0. The number of carboxylic acid groups (broad SMARTS) is 1. The zero-order valence-corrected chi connectivity index (χ0v) is 21.5. The Morgan fingerprint density at radius 3 is 2.29 bits per heavy atom. The summed E-state index contributed by atoms with van der Waals surface area (Å²) in [5.41, 5.74) is 9.47. The number of hydrogen-bond donors (Lipinski definition) is 3. The molecule has 198 valence electrons. The highest BCUT2D eigenvalue weighted by atomic mass is 16.5. The molecule has 0 bridgehead atoms. The van der Waals surface area contributed by atoms with Crippen molar-refractivity contribution in [3.8, 4) is 16.9 Å². The van der Waals surface area contributed by atoms with Crippen LogP contribution in [0.5, 0.6) is 5.75 Å². The Morgan fingerprint density at radius 2 is 1.68 bits per heavy atom. The van der Waals surface area contributed by atoms with Gasteiger partial charge in [-0.3, -0.25) is 19.9 Å². The van der Waals surface area contributed by atoms with Gasteiger partial charge in [-0.15, -0.1) is 0 Å². The number of likely N-dealkylation sites (N-methyl/N-ethyl adjacent to an activating group) is 1. The van der Waals surface area contributed by atoms with E-state index in [4.69, 9.17) is 15.9 Å². The molecule has 8 nitrogen and oxygen atoms in total. The highest BCUT2D eigenvalue weighted by Crippen LogP contribution is 2.26. The summed E-state index contributed by atoms with van der Waals surface area (Å²) in [6.07, 6.45) is 2.20. The Balaban J connectivity index is 1.40. The highest BCUT2D eigenvalue weighted by Gasteiger charge is 2.41. The van der Waals surface area contributed by atoms with Crippen LogP contribution in [0.3, 0.4) is 0 Å². The molecule has 2 atom stereocenters. The second-order valence-electron chi connectivity index (χ2n) is 9.66. The number of nitrogen functional groups attached to an aromatic ring is 1. The molecule has 0 saturated carbocycles. The van der Waals surface area contributed by atoms with Crippen LogP contribution in [0, 0.1) is 5.41 Å². The predicted octanol–water partition coefficient (Wildman–Crippen LogP) is 3.64. The fourth-order valence-electron chi connectivity index (χ4n) is 4.88. The Labute approximate surface area is 223 Å². The van der Waals surface area contributed by atoms with Gasteiger partial charge in [0.25, 0.3) is 0 Å². The number of likely N-dealkylation sites (tertiary alicyclic amines) is 1. The number of nitrogens with zero attached hydrogens (tertiary/aromatic N) is 2. The van der Waals surface area contributed by atoms with E-state index in [1.807, 2.05) is 71.6 Å². The van der Waals surface area contributed by atoms with E-state index in [9.17, 15) is 14.7 Å². The van der Waals surface area contributed by atoms with Crippen molar-refractivity contribution in [2.45, 2.75) is 31.3 Å². The monoisotopic (exact) mass is 514 g/mol. The minimum absolute atomic E-state index is 0.0381. The smallest absolute Gasteiger partial charge is 0.317 e. The summed E-state index contributed by atoms with van der Waals surface area (Å²) in [4.78, 5) is 28.0.